The van der Waals surface area contributed by atoms with E-state index in [0.29, 0.717) is 12.5 Å². The summed E-state index contributed by atoms with van der Waals surface area (Å²) in [5, 5.41) is 4.08. The van der Waals surface area contributed by atoms with Crippen LogP contribution < -0.4 is 5.73 Å². The van der Waals surface area contributed by atoms with Crippen LogP contribution in [-0.2, 0) is 13.1 Å². The fourth-order valence-corrected chi connectivity index (χ4v) is 1.30. The van der Waals surface area contributed by atoms with Crippen molar-refractivity contribution in [2.45, 2.75) is 20.0 Å². The molecule has 6 heteroatoms. The molecule has 0 radical (unpaired) electrons. The molecule has 0 saturated carbocycles. The van der Waals surface area contributed by atoms with Crippen molar-refractivity contribution < 1.29 is 0 Å². The number of rotatable bonds is 3. The van der Waals surface area contributed by atoms with Gasteiger partial charge in [0.15, 0.2) is 0 Å². The van der Waals surface area contributed by atoms with Gasteiger partial charge in [-0.3, -0.25) is 0 Å². The van der Waals surface area contributed by atoms with Crippen LogP contribution in [0.3, 0.4) is 0 Å². The molecule has 0 aliphatic rings. The van der Waals surface area contributed by atoms with E-state index in [-0.39, 0.29) is 0 Å². The largest absolute Gasteiger partial charge is 0.369 e. The van der Waals surface area contributed by atoms with Crippen LogP contribution in [0.1, 0.15) is 12.7 Å². The first-order valence-corrected chi connectivity index (χ1v) is 4.44. The third kappa shape index (κ3) is 1.46. The van der Waals surface area contributed by atoms with E-state index in [1.54, 1.807) is 12.5 Å². The average Bonchev–Trinajstić information content (AvgIpc) is 2.77. The lowest BCUT2D eigenvalue weighted by molar-refractivity contribution is 0.594. The molecule has 2 heterocycles. The second kappa shape index (κ2) is 3.49. The molecule has 0 bridgehead atoms. The Hall–Kier alpha value is -1.85. The minimum Gasteiger partial charge on any atom is -0.369 e. The predicted molar refractivity (Wildman–Crippen MR) is 51.4 cm³/mol. The van der Waals surface area contributed by atoms with Crippen LogP contribution in [-0.4, -0.2) is 24.3 Å². The van der Waals surface area contributed by atoms with Crippen LogP contribution in [0.2, 0.25) is 0 Å². The summed E-state index contributed by atoms with van der Waals surface area (Å²) >= 11 is 0. The van der Waals surface area contributed by atoms with Crippen molar-refractivity contribution in [2.24, 2.45) is 0 Å². The quantitative estimate of drug-likeness (QED) is 0.749. The number of aryl methyl sites for hydroxylation is 1. The Bertz CT molecular complexity index is 415. The van der Waals surface area contributed by atoms with Gasteiger partial charge in [0.2, 0.25) is 5.95 Å². The van der Waals surface area contributed by atoms with Crippen molar-refractivity contribution in [2.75, 3.05) is 5.73 Å². The first-order valence-electron chi connectivity index (χ1n) is 4.44. The number of hydrogen-bond donors (Lipinski definition) is 1. The minimum absolute atomic E-state index is 0.496. The molecule has 0 aliphatic carbocycles. The topological polar surface area (TPSA) is 74.5 Å². The van der Waals surface area contributed by atoms with Gasteiger partial charge in [0, 0.05) is 18.9 Å². The predicted octanol–water partition coefficient (Wildman–Crippen LogP) is 0.125. The number of hydrogen-bond acceptors (Lipinski definition) is 4. The van der Waals surface area contributed by atoms with Crippen LogP contribution >= 0.6 is 0 Å². The van der Waals surface area contributed by atoms with Gasteiger partial charge in [-0.25, -0.2) is 14.6 Å². The zero-order chi connectivity index (χ0) is 9.97. The van der Waals surface area contributed by atoms with Gasteiger partial charge in [0.1, 0.15) is 12.2 Å². The lowest BCUT2D eigenvalue weighted by Crippen LogP contribution is -2.10. The maximum Gasteiger partial charge on any atom is 0.200 e. The molecule has 0 spiro atoms. The van der Waals surface area contributed by atoms with Crippen LogP contribution in [0.4, 0.5) is 5.95 Å². The van der Waals surface area contributed by atoms with Crippen LogP contribution in [0.15, 0.2) is 18.7 Å². The van der Waals surface area contributed by atoms with Crippen LogP contribution in [0, 0.1) is 0 Å². The number of imidazole rings is 1. The third-order valence-corrected chi connectivity index (χ3v) is 2.05. The molecule has 2 aromatic heterocycles. The molecule has 6 nitrogen and oxygen atoms in total. The second-order valence-electron chi connectivity index (χ2n) is 2.91. The zero-order valence-electron chi connectivity index (χ0n) is 7.96. The van der Waals surface area contributed by atoms with Gasteiger partial charge in [-0.1, -0.05) is 0 Å². The molecule has 74 valence electrons. The van der Waals surface area contributed by atoms with Crippen molar-refractivity contribution in [3.05, 3.63) is 24.5 Å². The Kier molecular flexibility index (Phi) is 2.18. The van der Waals surface area contributed by atoms with Crippen molar-refractivity contribution in [3.63, 3.8) is 0 Å². The van der Waals surface area contributed by atoms with Gasteiger partial charge in [-0.15, -0.1) is 0 Å². The standard InChI is InChI=1S/C8H12N6/c1-2-14-7(11-6-12-14)5-13-4-3-10-8(13)9/h3-4,6H,2,5H2,1H3,(H2,9,10). The third-order valence-electron chi connectivity index (χ3n) is 2.05. The first-order chi connectivity index (χ1) is 6.81. The molecule has 2 aromatic rings. The molecule has 0 unspecified atom stereocenters. The zero-order valence-corrected chi connectivity index (χ0v) is 7.96. The highest BCUT2D eigenvalue weighted by Gasteiger charge is 2.04. The SMILES string of the molecule is CCn1ncnc1Cn1ccnc1N. The summed E-state index contributed by atoms with van der Waals surface area (Å²) in [5.74, 6) is 1.38. The fraction of sp³-hybridized carbons (Fsp3) is 0.375. The molecule has 2 rings (SSSR count). The van der Waals surface area contributed by atoms with E-state index < -0.39 is 0 Å². The van der Waals surface area contributed by atoms with Gasteiger partial charge < -0.3 is 10.3 Å². The van der Waals surface area contributed by atoms with Crippen molar-refractivity contribution in [1.29, 1.82) is 0 Å². The number of aromatic nitrogens is 5. The Morgan fingerprint density at radius 2 is 2.29 bits per heavy atom. The van der Waals surface area contributed by atoms with Crippen LogP contribution in [0.5, 0.6) is 0 Å². The lowest BCUT2D eigenvalue weighted by Gasteiger charge is -2.04. The van der Waals surface area contributed by atoms with Crippen molar-refractivity contribution >= 4 is 5.95 Å². The van der Waals surface area contributed by atoms with E-state index in [4.69, 9.17) is 5.73 Å². The summed E-state index contributed by atoms with van der Waals surface area (Å²) in [6.45, 7) is 3.44. The molecule has 0 fully saturated rings. The second-order valence-corrected chi connectivity index (χ2v) is 2.91. The summed E-state index contributed by atoms with van der Waals surface area (Å²) in [4.78, 5) is 8.09. The smallest absolute Gasteiger partial charge is 0.200 e. The van der Waals surface area contributed by atoms with E-state index >= 15 is 0 Å². The lowest BCUT2D eigenvalue weighted by atomic mass is 10.5. The summed E-state index contributed by atoms with van der Waals surface area (Å²) in [7, 11) is 0. The summed E-state index contributed by atoms with van der Waals surface area (Å²) < 4.78 is 3.66. The van der Waals surface area contributed by atoms with Crippen LogP contribution in [0.25, 0.3) is 0 Å². The normalized spacial score (nSPS) is 10.6. The maximum atomic E-state index is 5.64. The highest BCUT2D eigenvalue weighted by atomic mass is 15.3. The monoisotopic (exact) mass is 192 g/mol. The first kappa shape index (κ1) is 8.74. The van der Waals surface area contributed by atoms with E-state index in [1.165, 1.54) is 0 Å². The molecule has 2 N–H and O–H groups in total. The summed E-state index contributed by atoms with van der Waals surface area (Å²) in [5.41, 5.74) is 5.64. The Morgan fingerprint density at radius 1 is 1.43 bits per heavy atom. The molecule has 14 heavy (non-hydrogen) atoms. The molecule has 0 aromatic carbocycles. The highest BCUT2D eigenvalue weighted by Crippen LogP contribution is 2.03. The minimum atomic E-state index is 0.496. The molecular formula is C8H12N6. The van der Waals surface area contributed by atoms with E-state index in [2.05, 4.69) is 15.1 Å². The highest BCUT2D eigenvalue weighted by molar-refractivity contribution is 5.17. The average molecular weight is 192 g/mol. The number of nitrogen functional groups attached to an aromatic ring is 1. The summed E-state index contributed by atoms with van der Waals surface area (Å²) in [6, 6.07) is 0. The number of anilines is 1. The van der Waals surface area contributed by atoms with E-state index in [0.717, 1.165) is 12.4 Å². The Balaban J connectivity index is 2.22. The molecule has 0 aliphatic heterocycles. The molecular weight excluding hydrogens is 180 g/mol. The van der Waals surface area contributed by atoms with Gasteiger partial charge in [-0.05, 0) is 6.92 Å². The van der Waals surface area contributed by atoms with Crippen molar-refractivity contribution in [1.82, 2.24) is 24.3 Å². The van der Waals surface area contributed by atoms with Gasteiger partial charge in [-0.2, -0.15) is 5.10 Å². The Morgan fingerprint density at radius 3 is 2.93 bits per heavy atom. The molecule has 0 atom stereocenters. The van der Waals surface area contributed by atoms with Gasteiger partial charge in [0.05, 0.1) is 6.54 Å². The fourth-order valence-electron chi connectivity index (χ4n) is 1.30. The number of nitrogens with two attached hydrogens (primary N) is 1. The number of nitrogens with zero attached hydrogens (tertiary/aromatic N) is 5. The summed E-state index contributed by atoms with van der Waals surface area (Å²) in [6.07, 6.45) is 5.04. The Labute approximate surface area is 81.4 Å². The molecule has 0 saturated heterocycles. The van der Waals surface area contributed by atoms with E-state index in [9.17, 15) is 0 Å². The van der Waals surface area contributed by atoms with E-state index in [1.807, 2.05) is 22.4 Å². The van der Waals surface area contributed by atoms with Gasteiger partial charge in [0.25, 0.3) is 0 Å². The van der Waals surface area contributed by atoms with Crippen molar-refractivity contribution in [3.8, 4) is 0 Å². The van der Waals surface area contributed by atoms with Gasteiger partial charge >= 0.3 is 0 Å². The maximum absolute atomic E-state index is 5.64. The molecule has 0 amide bonds.